The fraction of sp³-hybridized carbons (Fsp3) is 0.105. The van der Waals surface area contributed by atoms with E-state index in [-0.39, 0.29) is 17.9 Å². The molecule has 0 unspecified atom stereocenters. The number of rotatable bonds is 5. The minimum Gasteiger partial charge on any atom is -0.497 e. The Morgan fingerprint density at radius 2 is 2.04 bits per heavy atom. The van der Waals surface area contributed by atoms with Crippen molar-refractivity contribution in [2.75, 3.05) is 12.5 Å². The minimum atomic E-state index is -0.295. The molecular weight excluding hydrogens is 382 g/mol. The lowest BCUT2D eigenvalue weighted by molar-refractivity contribution is -0.116. The first-order valence-corrected chi connectivity index (χ1v) is 9.87. The third kappa shape index (κ3) is 3.49. The Kier molecular flexibility index (Phi) is 4.74. The number of hydrogen-bond donors (Lipinski definition) is 1. The Morgan fingerprint density at radius 3 is 2.74 bits per heavy atom. The summed E-state index contributed by atoms with van der Waals surface area (Å²) in [4.78, 5) is 31.2. The number of carbonyl (C=O) groups excluding carboxylic acids is 1. The number of nitrogens with zero attached hydrogens (tertiary/aromatic N) is 2. The number of ether oxygens (including phenoxy) is 1. The second kappa shape index (κ2) is 7.34. The fourth-order valence-electron chi connectivity index (χ4n) is 2.73. The van der Waals surface area contributed by atoms with Crippen molar-refractivity contribution >= 4 is 38.8 Å². The first-order valence-electron chi connectivity index (χ1n) is 8.11. The number of nitrogens with one attached hydrogen (secondary N) is 1. The Labute approximate surface area is 162 Å². The number of carbonyl (C=O) groups is 1. The van der Waals surface area contributed by atoms with Crippen LogP contribution in [0.1, 0.15) is 5.56 Å². The number of amides is 1. The van der Waals surface area contributed by atoms with Gasteiger partial charge in [-0.1, -0.05) is 18.2 Å². The summed E-state index contributed by atoms with van der Waals surface area (Å²) in [6.45, 7) is 0. The molecule has 0 aliphatic heterocycles. The Morgan fingerprint density at radius 1 is 1.22 bits per heavy atom. The van der Waals surface area contributed by atoms with Gasteiger partial charge in [0.2, 0.25) is 5.91 Å². The highest BCUT2D eigenvalue weighted by Gasteiger charge is 2.15. The van der Waals surface area contributed by atoms with Crippen LogP contribution in [0, 0.1) is 0 Å². The summed E-state index contributed by atoms with van der Waals surface area (Å²) in [7, 11) is 1.59. The predicted octanol–water partition coefficient (Wildman–Crippen LogP) is 3.51. The van der Waals surface area contributed by atoms with Gasteiger partial charge in [0.15, 0.2) is 0 Å². The first-order chi connectivity index (χ1) is 13.2. The molecule has 0 radical (unpaired) electrons. The molecule has 0 aliphatic rings. The largest absolute Gasteiger partial charge is 0.497 e. The summed E-state index contributed by atoms with van der Waals surface area (Å²) in [5, 5.41) is 4.41. The topological polar surface area (TPSA) is 73.2 Å². The van der Waals surface area contributed by atoms with Crippen molar-refractivity contribution < 1.29 is 9.53 Å². The van der Waals surface area contributed by atoms with E-state index >= 15 is 0 Å². The molecule has 136 valence electrons. The highest BCUT2D eigenvalue weighted by atomic mass is 32.1. The van der Waals surface area contributed by atoms with Crippen molar-refractivity contribution in [2.45, 2.75) is 6.42 Å². The second-order valence-corrected chi connectivity index (χ2v) is 7.59. The molecule has 8 heteroatoms. The molecule has 1 aromatic carbocycles. The highest BCUT2D eigenvalue weighted by Crippen LogP contribution is 2.33. The van der Waals surface area contributed by atoms with Crippen LogP contribution in [-0.4, -0.2) is 22.7 Å². The molecule has 0 saturated carbocycles. The number of benzene rings is 1. The average Bonchev–Trinajstić information content (AvgIpc) is 3.34. The van der Waals surface area contributed by atoms with Crippen LogP contribution in [0.3, 0.4) is 0 Å². The van der Waals surface area contributed by atoms with Gasteiger partial charge in [0.05, 0.1) is 18.9 Å². The van der Waals surface area contributed by atoms with Gasteiger partial charge in [-0.3, -0.25) is 15.0 Å². The van der Waals surface area contributed by atoms with Gasteiger partial charge in [-0.2, -0.15) is 0 Å². The van der Waals surface area contributed by atoms with E-state index in [0.29, 0.717) is 10.2 Å². The second-order valence-electron chi connectivity index (χ2n) is 5.79. The van der Waals surface area contributed by atoms with Crippen LogP contribution in [0.15, 0.2) is 58.3 Å². The molecule has 0 atom stereocenters. The molecule has 0 spiro atoms. The Hall–Kier alpha value is -2.97. The molecule has 0 fully saturated rings. The van der Waals surface area contributed by atoms with Crippen LogP contribution in [0.4, 0.5) is 0 Å². The molecule has 27 heavy (non-hydrogen) atoms. The summed E-state index contributed by atoms with van der Waals surface area (Å²) in [5.41, 5.74) is 4.01. The zero-order chi connectivity index (χ0) is 18.8. The van der Waals surface area contributed by atoms with Gasteiger partial charge in [0.1, 0.15) is 16.9 Å². The van der Waals surface area contributed by atoms with E-state index in [4.69, 9.17) is 4.74 Å². The first kappa shape index (κ1) is 17.4. The summed E-state index contributed by atoms with van der Waals surface area (Å²) in [6.07, 6.45) is 1.50. The standard InChI is InChI=1S/C19H15N3O3S2/c1-25-13-6-4-12(5-7-13)9-16(23)21-22-11-20-18-17(19(22)24)14(10-27-18)15-3-2-8-26-15/h2-8,10-11H,9H2,1H3,(H,21,23). The molecule has 0 bridgehead atoms. The predicted molar refractivity (Wildman–Crippen MR) is 108 cm³/mol. The summed E-state index contributed by atoms with van der Waals surface area (Å²) < 4.78 is 6.26. The van der Waals surface area contributed by atoms with E-state index in [1.54, 1.807) is 30.6 Å². The average molecular weight is 397 g/mol. The van der Waals surface area contributed by atoms with Crippen LogP contribution in [-0.2, 0) is 11.2 Å². The number of aromatic nitrogens is 2. The van der Waals surface area contributed by atoms with Crippen molar-refractivity contribution in [1.29, 1.82) is 0 Å². The monoisotopic (exact) mass is 397 g/mol. The summed E-state index contributed by atoms with van der Waals surface area (Å²) >= 11 is 2.98. The molecule has 3 heterocycles. The number of thiophene rings is 2. The quantitative estimate of drug-likeness (QED) is 0.559. The lowest BCUT2D eigenvalue weighted by Gasteiger charge is -2.08. The zero-order valence-electron chi connectivity index (χ0n) is 14.3. The van der Waals surface area contributed by atoms with Crippen LogP contribution in [0.25, 0.3) is 20.7 Å². The number of hydrogen-bond acceptors (Lipinski definition) is 6. The highest BCUT2D eigenvalue weighted by molar-refractivity contribution is 7.18. The van der Waals surface area contributed by atoms with Gasteiger partial charge < -0.3 is 4.74 Å². The van der Waals surface area contributed by atoms with Gasteiger partial charge in [0, 0.05) is 15.8 Å². The Bertz CT molecular complexity index is 1150. The molecular formula is C19H15N3O3S2. The fourth-order valence-corrected chi connectivity index (χ4v) is 4.45. The zero-order valence-corrected chi connectivity index (χ0v) is 16.0. The molecule has 4 aromatic rings. The van der Waals surface area contributed by atoms with E-state index in [0.717, 1.165) is 26.4 Å². The van der Waals surface area contributed by atoms with Gasteiger partial charge in [0.25, 0.3) is 5.56 Å². The molecule has 4 rings (SSSR count). The van der Waals surface area contributed by atoms with E-state index in [9.17, 15) is 9.59 Å². The molecule has 1 amide bonds. The van der Waals surface area contributed by atoms with Crippen molar-refractivity contribution in [3.8, 4) is 16.2 Å². The van der Waals surface area contributed by atoms with E-state index in [2.05, 4.69) is 10.4 Å². The molecule has 6 nitrogen and oxygen atoms in total. The van der Waals surface area contributed by atoms with Crippen LogP contribution in [0.5, 0.6) is 5.75 Å². The molecule has 1 N–H and O–H groups in total. The maximum absolute atomic E-state index is 12.9. The van der Waals surface area contributed by atoms with Crippen molar-refractivity contribution in [1.82, 2.24) is 9.66 Å². The van der Waals surface area contributed by atoms with E-state index < -0.39 is 0 Å². The van der Waals surface area contributed by atoms with Gasteiger partial charge in [-0.05, 0) is 29.1 Å². The van der Waals surface area contributed by atoms with Crippen LogP contribution < -0.4 is 15.7 Å². The van der Waals surface area contributed by atoms with Crippen molar-refractivity contribution in [2.24, 2.45) is 0 Å². The SMILES string of the molecule is COc1ccc(CC(=O)Nn2cnc3scc(-c4cccs4)c3c2=O)cc1. The molecule has 0 aliphatic carbocycles. The van der Waals surface area contributed by atoms with Crippen LogP contribution >= 0.6 is 22.7 Å². The van der Waals surface area contributed by atoms with Gasteiger partial charge in [-0.15, -0.1) is 22.7 Å². The molecule has 3 aromatic heterocycles. The van der Waals surface area contributed by atoms with Crippen LogP contribution in [0.2, 0.25) is 0 Å². The lowest BCUT2D eigenvalue weighted by atomic mass is 10.1. The number of methoxy groups -OCH3 is 1. The van der Waals surface area contributed by atoms with E-state index in [1.165, 1.54) is 17.7 Å². The smallest absolute Gasteiger partial charge is 0.281 e. The van der Waals surface area contributed by atoms with Gasteiger partial charge >= 0.3 is 0 Å². The lowest BCUT2D eigenvalue weighted by Crippen LogP contribution is -2.33. The number of fused-ring (bicyclic) bond motifs is 1. The Balaban J connectivity index is 1.60. The third-order valence-corrected chi connectivity index (χ3v) is 5.84. The maximum Gasteiger partial charge on any atom is 0.281 e. The van der Waals surface area contributed by atoms with Gasteiger partial charge in [-0.25, -0.2) is 9.66 Å². The summed E-state index contributed by atoms with van der Waals surface area (Å²) in [5.74, 6) is 0.430. The maximum atomic E-state index is 12.9. The molecule has 0 saturated heterocycles. The third-order valence-electron chi connectivity index (χ3n) is 4.05. The van der Waals surface area contributed by atoms with Crippen molar-refractivity contribution in [3.63, 3.8) is 0 Å². The minimum absolute atomic E-state index is 0.149. The van der Waals surface area contributed by atoms with Crippen molar-refractivity contribution in [3.05, 3.63) is 69.4 Å². The summed E-state index contributed by atoms with van der Waals surface area (Å²) in [6, 6.07) is 11.1. The normalized spacial score (nSPS) is 10.9. The van der Waals surface area contributed by atoms with E-state index in [1.807, 2.05) is 35.0 Å².